The van der Waals surface area contributed by atoms with Crippen molar-refractivity contribution < 1.29 is 34.1 Å². The quantitative estimate of drug-likeness (QED) is 0.474. The highest BCUT2D eigenvalue weighted by molar-refractivity contribution is 8.58. The standard InChI is InChI=1S/C18H21N3O7S/c19-12-11-10(28-7-8-3-1-2-4-8)6-5-9(15(22)23)13(11)29(17(20)26,18(21)27)14(12)16(24)25/h5-6,8H,1-4,7,19H2,(H2,20,26)(H2,21,27)(H,22,23)(H,24,25). The number of carbonyl (C=O) groups excluding carboxylic acids is 2. The normalized spacial score (nSPS) is 18.9. The zero-order chi connectivity index (χ0) is 21.5. The van der Waals surface area contributed by atoms with Crippen LogP contribution in [0.4, 0.5) is 9.59 Å². The molecule has 0 saturated heterocycles. The molecule has 1 aliphatic heterocycles. The minimum Gasteiger partial charge on any atom is -0.493 e. The number of carbonyl (C=O) groups is 4. The molecule has 29 heavy (non-hydrogen) atoms. The Morgan fingerprint density at radius 2 is 1.62 bits per heavy atom. The molecule has 0 bridgehead atoms. The molecule has 11 heteroatoms. The van der Waals surface area contributed by atoms with Gasteiger partial charge < -0.3 is 32.2 Å². The third-order valence-electron chi connectivity index (χ3n) is 5.22. The lowest BCUT2D eigenvalue weighted by molar-refractivity contribution is -0.131. The molecule has 2 aliphatic rings. The number of carboxylic acid groups (broad SMARTS) is 2. The molecule has 1 aromatic carbocycles. The van der Waals surface area contributed by atoms with Crippen molar-refractivity contribution in [1.29, 1.82) is 0 Å². The summed E-state index contributed by atoms with van der Waals surface area (Å²) < 4.78 is 5.83. The molecule has 1 fully saturated rings. The summed E-state index contributed by atoms with van der Waals surface area (Å²) in [5.41, 5.74) is 15.9. The zero-order valence-electron chi connectivity index (χ0n) is 15.3. The highest BCUT2D eigenvalue weighted by atomic mass is 32.3. The van der Waals surface area contributed by atoms with Crippen molar-refractivity contribution in [2.24, 2.45) is 23.1 Å². The summed E-state index contributed by atoms with van der Waals surface area (Å²) in [7, 11) is -3.91. The number of ether oxygens (including phenoxy) is 1. The molecule has 10 nitrogen and oxygen atoms in total. The molecule has 0 spiro atoms. The van der Waals surface area contributed by atoms with Gasteiger partial charge in [0.05, 0.1) is 23.4 Å². The molecule has 8 N–H and O–H groups in total. The molecule has 156 valence electrons. The number of benzene rings is 1. The number of amides is 2. The fourth-order valence-corrected chi connectivity index (χ4v) is 6.84. The minimum atomic E-state index is -3.91. The van der Waals surface area contributed by atoms with Crippen LogP contribution >= 0.6 is 10.0 Å². The zero-order valence-corrected chi connectivity index (χ0v) is 16.2. The van der Waals surface area contributed by atoms with Crippen LogP contribution in [0.15, 0.2) is 21.9 Å². The van der Waals surface area contributed by atoms with Gasteiger partial charge in [-0.15, -0.1) is 0 Å². The van der Waals surface area contributed by atoms with Crippen LogP contribution in [0.5, 0.6) is 5.75 Å². The van der Waals surface area contributed by atoms with Crippen LogP contribution in [-0.2, 0) is 4.79 Å². The lowest BCUT2D eigenvalue weighted by Crippen LogP contribution is -2.33. The van der Waals surface area contributed by atoms with Crippen LogP contribution in [-0.4, -0.2) is 39.2 Å². The second-order valence-electron chi connectivity index (χ2n) is 6.88. The highest BCUT2D eigenvalue weighted by Gasteiger charge is 2.55. The van der Waals surface area contributed by atoms with E-state index in [0.717, 1.165) is 31.7 Å². The van der Waals surface area contributed by atoms with Crippen LogP contribution in [0, 0.1) is 5.92 Å². The van der Waals surface area contributed by atoms with E-state index in [1.807, 2.05) is 0 Å². The fraction of sp³-hybridized carbons (Fsp3) is 0.333. The van der Waals surface area contributed by atoms with Gasteiger partial charge in [0.2, 0.25) is 0 Å². The number of carboxylic acids is 2. The Morgan fingerprint density at radius 3 is 2.10 bits per heavy atom. The second-order valence-corrected chi connectivity index (χ2v) is 9.73. The number of aliphatic carboxylic acids is 1. The predicted molar refractivity (Wildman–Crippen MR) is 105 cm³/mol. The highest BCUT2D eigenvalue weighted by Crippen LogP contribution is 2.71. The van der Waals surface area contributed by atoms with Crippen LogP contribution in [0.3, 0.4) is 0 Å². The molecule has 3 rings (SSSR count). The van der Waals surface area contributed by atoms with Gasteiger partial charge in [0.15, 0.2) is 0 Å². The van der Waals surface area contributed by atoms with Gasteiger partial charge in [-0.25, -0.2) is 9.59 Å². The lowest BCUT2D eigenvalue weighted by atomic mass is 10.1. The van der Waals surface area contributed by atoms with E-state index >= 15 is 0 Å². The van der Waals surface area contributed by atoms with Crippen molar-refractivity contribution in [2.45, 2.75) is 30.6 Å². The van der Waals surface area contributed by atoms with Crippen molar-refractivity contribution in [3.8, 4) is 5.75 Å². The largest absolute Gasteiger partial charge is 0.493 e. The Kier molecular flexibility index (Phi) is 5.18. The van der Waals surface area contributed by atoms with E-state index in [0.29, 0.717) is 12.5 Å². The summed E-state index contributed by atoms with van der Waals surface area (Å²) >= 11 is 0. The third-order valence-corrected chi connectivity index (χ3v) is 8.47. The number of rotatable bonds is 5. The molecule has 2 amide bonds. The third kappa shape index (κ3) is 2.97. The first-order chi connectivity index (χ1) is 13.6. The van der Waals surface area contributed by atoms with E-state index < -0.39 is 48.6 Å². The maximum absolute atomic E-state index is 12.4. The Bertz CT molecular complexity index is 952. The van der Waals surface area contributed by atoms with Gasteiger partial charge in [-0.3, -0.25) is 9.59 Å². The first kappa shape index (κ1) is 20.5. The van der Waals surface area contributed by atoms with Crippen LogP contribution in [0.25, 0.3) is 5.70 Å². The smallest absolute Gasteiger partial charge is 0.344 e. The SMILES string of the molecule is NC(=O)S1(C(N)=O)C(C(=O)O)=C(N)c2c(OCC3CCCC3)ccc(C(=O)O)c21. The van der Waals surface area contributed by atoms with E-state index in [2.05, 4.69) is 0 Å². The summed E-state index contributed by atoms with van der Waals surface area (Å²) in [6.45, 7) is 0.310. The number of hydrogen-bond donors (Lipinski definition) is 5. The molecule has 0 aromatic heterocycles. The molecule has 0 unspecified atom stereocenters. The van der Waals surface area contributed by atoms with E-state index in [1.54, 1.807) is 0 Å². The number of hydrogen-bond acceptors (Lipinski definition) is 6. The molecule has 1 saturated carbocycles. The van der Waals surface area contributed by atoms with Gasteiger partial charge in [-0.05, 0) is 40.9 Å². The van der Waals surface area contributed by atoms with E-state index in [-0.39, 0.29) is 16.2 Å². The van der Waals surface area contributed by atoms with Crippen LogP contribution in [0.1, 0.15) is 41.6 Å². The topological polar surface area (TPSA) is 196 Å². The van der Waals surface area contributed by atoms with Crippen molar-refractivity contribution >= 4 is 38.1 Å². The number of primary amides is 2. The molecular formula is C18H21N3O7S. The van der Waals surface area contributed by atoms with E-state index in [1.165, 1.54) is 6.07 Å². The van der Waals surface area contributed by atoms with Gasteiger partial charge in [0.1, 0.15) is 10.7 Å². The average Bonchev–Trinajstić information content (AvgIpc) is 3.24. The molecule has 1 heterocycles. The second kappa shape index (κ2) is 7.32. The molecule has 1 aromatic rings. The van der Waals surface area contributed by atoms with Crippen LogP contribution < -0.4 is 21.9 Å². The Labute approximate surface area is 167 Å². The Hall–Kier alpha value is -3.21. The minimum absolute atomic E-state index is 0.0880. The van der Waals surface area contributed by atoms with Crippen molar-refractivity contribution in [3.05, 3.63) is 28.2 Å². The van der Waals surface area contributed by atoms with Crippen molar-refractivity contribution in [1.82, 2.24) is 0 Å². The van der Waals surface area contributed by atoms with E-state index in [4.69, 9.17) is 21.9 Å². The summed E-state index contributed by atoms with van der Waals surface area (Å²) in [5, 5.41) is 16.6. The fourth-order valence-electron chi connectivity index (χ4n) is 3.94. The summed E-state index contributed by atoms with van der Waals surface area (Å²) in [6, 6.07) is 2.47. The van der Waals surface area contributed by atoms with Gasteiger partial charge in [-0.1, -0.05) is 12.8 Å². The Balaban J connectivity index is 2.29. The molecule has 0 radical (unpaired) electrons. The number of fused-ring (bicyclic) bond motifs is 1. The number of nitrogens with two attached hydrogens (primary N) is 3. The summed E-state index contributed by atoms with van der Waals surface area (Å²) in [4.78, 5) is 47.4. The monoisotopic (exact) mass is 423 g/mol. The molecule has 0 atom stereocenters. The first-order valence-electron chi connectivity index (χ1n) is 8.82. The van der Waals surface area contributed by atoms with E-state index in [9.17, 15) is 29.4 Å². The van der Waals surface area contributed by atoms with Gasteiger partial charge in [-0.2, -0.15) is 0 Å². The van der Waals surface area contributed by atoms with Crippen LogP contribution in [0.2, 0.25) is 0 Å². The summed E-state index contributed by atoms with van der Waals surface area (Å²) in [5.74, 6) is -2.78. The summed E-state index contributed by atoms with van der Waals surface area (Å²) in [6.07, 6.45) is 4.09. The molecule has 1 aliphatic carbocycles. The maximum atomic E-state index is 12.4. The van der Waals surface area contributed by atoms with Gasteiger partial charge in [0, 0.05) is 4.90 Å². The Morgan fingerprint density at radius 1 is 1.03 bits per heavy atom. The average molecular weight is 423 g/mol. The first-order valence-corrected chi connectivity index (χ1v) is 10.5. The van der Waals surface area contributed by atoms with Crippen molar-refractivity contribution in [2.75, 3.05) is 6.61 Å². The van der Waals surface area contributed by atoms with Crippen molar-refractivity contribution in [3.63, 3.8) is 0 Å². The van der Waals surface area contributed by atoms with Gasteiger partial charge in [0.25, 0.3) is 10.5 Å². The lowest BCUT2D eigenvalue weighted by Gasteiger charge is -2.31. The van der Waals surface area contributed by atoms with Gasteiger partial charge >= 0.3 is 11.9 Å². The maximum Gasteiger partial charge on any atom is 0.344 e. The molecular weight excluding hydrogens is 402 g/mol. The number of aromatic carboxylic acids is 1. The predicted octanol–water partition coefficient (Wildman–Crippen LogP) is 2.00.